The van der Waals surface area contributed by atoms with Crippen LogP contribution in [0.4, 0.5) is 16.2 Å². The Balaban J connectivity index is 1.52. The van der Waals surface area contributed by atoms with Crippen molar-refractivity contribution in [2.45, 2.75) is 25.2 Å². The maximum absolute atomic E-state index is 13.2. The van der Waals surface area contributed by atoms with Gasteiger partial charge in [-0.15, -0.1) is 0 Å². The van der Waals surface area contributed by atoms with E-state index in [4.69, 9.17) is 4.74 Å². The highest BCUT2D eigenvalue weighted by atomic mass is 32.2. The van der Waals surface area contributed by atoms with Crippen LogP contribution >= 0.6 is 0 Å². The monoisotopic (exact) mass is 457 g/mol. The molecular formula is C23H27N3O5S. The summed E-state index contributed by atoms with van der Waals surface area (Å²) in [6, 6.07) is 13.0. The summed E-state index contributed by atoms with van der Waals surface area (Å²) in [6.07, 6.45) is 0.579. The number of anilines is 2. The molecule has 32 heavy (non-hydrogen) atoms. The van der Waals surface area contributed by atoms with Gasteiger partial charge in [0.05, 0.1) is 11.4 Å². The van der Waals surface area contributed by atoms with Gasteiger partial charge in [-0.25, -0.2) is 13.2 Å². The van der Waals surface area contributed by atoms with Gasteiger partial charge in [-0.2, -0.15) is 4.31 Å². The third-order valence-corrected chi connectivity index (χ3v) is 7.57. The topological polar surface area (TPSA) is 96.0 Å². The van der Waals surface area contributed by atoms with Crippen LogP contribution in [0, 0.1) is 11.8 Å². The second-order valence-corrected chi connectivity index (χ2v) is 10.5. The molecular weight excluding hydrogens is 430 g/mol. The fourth-order valence-corrected chi connectivity index (χ4v) is 6.06. The van der Waals surface area contributed by atoms with Gasteiger partial charge in [-0.1, -0.05) is 26.0 Å². The Labute approximate surface area is 188 Å². The van der Waals surface area contributed by atoms with E-state index in [1.807, 2.05) is 0 Å². The lowest BCUT2D eigenvalue weighted by Crippen LogP contribution is -2.42. The standard InChI is InChI=1S/C23H27N3O5S/c1-16-11-17(2)15-25(14-16)32(29,30)21-8-3-5-18(12-21)22(27)24-19-6-4-7-20(13-19)26-9-10-31-23(26)28/h3-8,12-13,16-17H,9-11,14-15H2,1-2H3,(H,24,27). The average molecular weight is 458 g/mol. The molecule has 0 bridgehead atoms. The lowest BCUT2D eigenvalue weighted by Gasteiger charge is -2.34. The molecule has 2 aliphatic rings. The number of hydrogen-bond donors (Lipinski definition) is 1. The Morgan fingerprint density at radius 2 is 1.78 bits per heavy atom. The zero-order valence-corrected chi connectivity index (χ0v) is 19.0. The summed E-state index contributed by atoms with van der Waals surface area (Å²) in [6.45, 7) is 5.84. The number of benzene rings is 2. The van der Waals surface area contributed by atoms with E-state index in [0.717, 1.165) is 6.42 Å². The number of ether oxygens (including phenoxy) is 1. The van der Waals surface area contributed by atoms with Crippen molar-refractivity contribution in [2.75, 3.05) is 36.5 Å². The normalized spacial score (nSPS) is 21.9. The first-order valence-corrected chi connectivity index (χ1v) is 12.1. The number of carbonyl (C=O) groups is 2. The predicted octanol–water partition coefficient (Wildman–Crippen LogP) is 3.56. The highest BCUT2D eigenvalue weighted by Gasteiger charge is 2.32. The van der Waals surface area contributed by atoms with Gasteiger partial charge in [0.25, 0.3) is 5.91 Å². The summed E-state index contributed by atoms with van der Waals surface area (Å²) in [5, 5.41) is 2.78. The quantitative estimate of drug-likeness (QED) is 0.741. The Kier molecular flexibility index (Phi) is 6.21. The number of cyclic esters (lactones) is 1. The van der Waals surface area contributed by atoms with E-state index in [-0.39, 0.29) is 10.5 Å². The highest BCUT2D eigenvalue weighted by Crippen LogP contribution is 2.27. The second-order valence-electron chi connectivity index (χ2n) is 8.57. The van der Waals surface area contributed by atoms with Crippen LogP contribution in [0.5, 0.6) is 0 Å². The number of nitrogens with zero attached hydrogens (tertiary/aromatic N) is 2. The molecule has 170 valence electrons. The molecule has 2 amide bonds. The summed E-state index contributed by atoms with van der Waals surface area (Å²) in [4.78, 5) is 26.2. The number of amides is 2. The highest BCUT2D eigenvalue weighted by molar-refractivity contribution is 7.89. The lowest BCUT2D eigenvalue weighted by molar-refractivity contribution is 0.102. The van der Waals surface area contributed by atoms with Gasteiger partial charge in [-0.05, 0) is 54.7 Å². The molecule has 0 spiro atoms. The van der Waals surface area contributed by atoms with Crippen molar-refractivity contribution in [1.29, 1.82) is 0 Å². The van der Waals surface area contributed by atoms with E-state index >= 15 is 0 Å². The molecule has 2 aliphatic heterocycles. The van der Waals surface area contributed by atoms with Crippen LogP contribution in [0.1, 0.15) is 30.6 Å². The van der Waals surface area contributed by atoms with Crippen LogP contribution in [0.15, 0.2) is 53.4 Å². The first kappa shape index (κ1) is 22.3. The molecule has 2 heterocycles. The van der Waals surface area contributed by atoms with Crippen LogP contribution in [0.2, 0.25) is 0 Å². The first-order chi connectivity index (χ1) is 15.2. The van der Waals surface area contributed by atoms with Crippen LogP contribution in [-0.4, -0.2) is 51.0 Å². The number of nitrogens with one attached hydrogen (secondary N) is 1. The summed E-state index contributed by atoms with van der Waals surface area (Å²) in [5.41, 5.74) is 1.37. The molecule has 0 saturated carbocycles. The van der Waals surface area contributed by atoms with Crippen molar-refractivity contribution in [3.8, 4) is 0 Å². The molecule has 2 aromatic carbocycles. The van der Waals surface area contributed by atoms with E-state index in [1.54, 1.807) is 36.4 Å². The van der Waals surface area contributed by atoms with Crippen molar-refractivity contribution in [2.24, 2.45) is 11.8 Å². The molecule has 0 aliphatic carbocycles. The van der Waals surface area contributed by atoms with E-state index < -0.39 is 22.0 Å². The molecule has 2 fully saturated rings. The molecule has 0 radical (unpaired) electrons. The van der Waals surface area contributed by atoms with E-state index in [2.05, 4.69) is 19.2 Å². The number of piperidine rings is 1. The second kappa shape index (κ2) is 8.91. The van der Waals surface area contributed by atoms with Gasteiger partial charge in [0, 0.05) is 30.0 Å². The minimum atomic E-state index is -3.69. The van der Waals surface area contributed by atoms with Gasteiger partial charge < -0.3 is 10.1 Å². The first-order valence-electron chi connectivity index (χ1n) is 10.7. The molecule has 2 unspecified atom stereocenters. The smallest absolute Gasteiger partial charge is 0.414 e. The molecule has 2 atom stereocenters. The molecule has 2 aromatic rings. The molecule has 2 saturated heterocycles. The largest absolute Gasteiger partial charge is 0.447 e. The van der Waals surface area contributed by atoms with Crippen molar-refractivity contribution in [1.82, 2.24) is 4.31 Å². The average Bonchev–Trinajstić information content (AvgIpc) is 3.19. The summed E-state index contributed by atoms with van der Waals surface area (Å²) >= 11 is 0. The molecule has 0 aromatic heterocycles. The minimum Gasteiger partial charge on any atom is -0.447 e. The third kappa shape index (κ3) is 4.63. The Bertz CT molecular complexity index is 1120. The third-order valence-electron chi connectivity index (χ3n) is 5.75. The maximum atomic E-state index is 13.2. The van der Waals surface area contributed by atoms with E-state index in [9.17, 15) is 18.0 Å². The van der Waals surface area contributed by atoms with E-state index in [1.165, 1.54) is 21.3 Å². The number of carbonyl (C=O) groups excluding carboxylic acids is 2. The van der Waals surface area contributed by atoms with Gasteiger partial charge in [0.15, 0.2) is 0 Å². The minimum absolute atomic E-state index is 0.111. The van der Waals surface area contributed by atoms with Gasteiger partial charge in [0.1, 0.15) is 6.61 Å². The van der Waals surface area contributed by atoms with Crippen LogP contribution in [-0.2, 0) is 14.8 Å². The fraction of sp³-hybridized carbons (Fsp3) is 0.391. The molecule has 9 heteroatoms. The zero-order chi connectivity index (χ0) is 22.9. The predicted molar refractivity (Wildman–Crippen MR) is 121 cm³/mol. The van der Waals surface area contributed by atoms with Gasteiger partial charge in [0.2, 0.25) is 10.0 Å². The molecule has 4 rings (SSSR count). The maximum Gasteiger partial charge on any atom is 0.414 e. The van der Waals surface area contributed by atoms with Crippen LogP contribution in [0.3, 0.4) is 0 Å². The zero-order valence-electron chi connectivity index (χ0n) is 18.2. The lowest BCUT2D eigenvalue weighted by atomic mass is 9.94. The Morgan fingerprint density at radius 3 is 2.47 bits per heavy atom. The summed E-state index contributed by atoms with van der Waals surface area (Å²) in [7, 11) is -3.69. The number of hydrogen-bond acceptors (Lipinski definition) is 5. The van der Waals surface area contributed by atoms with Crippen molar-refractivity contribution in [3.05, 3.63) is 54.1 Å². The van der Waals surface area contributed by atoms with Crippen molar-refractivity contribution >= 4 is 33.4 Å². The van der Waals surface area contributed by atoms with Gasteiger partial charge >= 0.3 is 6.09 Å². The van der Waals surface area contributed by atoms with Gasteiger partial charge in [-0.3, -0.25) is 9.69 Å². The summed E-state index contributed by atoms with van der Waals surface area (Å²) < 4.78 is 32.8. The Hall–Kier alpha value is -2.91. The van der Waals surface area contributed by atoms with Crippen LogP contribution in [0.25, 0.3) is 0 Å². The Morgan fingerprint density at radius 1 is 1.06 bits per heavy atom. The van der Waals surface area contributed by atoms with Crippen molar-refractivity contribution in [3.63, 3.8) is 0 Å². The van der Waals surface area contributed by atoms with Crippen LogP contribution < -0.4 is 10.2 Å². The molecule has 8 nitrogen and oxygen atoms in total. The van der Waals surface area contributed by atoms with Crippen molar-refractivity contribution < 1.29 is 22.7 Å². The van der Waals surface area contributed by atoms with E-state index in [0.29, 0.717) is 49.5 Å². The number of rotatable bonds is 5. The fourth-order valence-electron chi connectivity index (χ4n) is 4.33. The molecule has 1 N–H and O–H groups in total. The summed E-state index contributed by atoms with van der Waals surface area (Å²) in [5.74, 6) is 0.156. The SMILES string of the molecule is CC1CC(C)CN(S(=O)(=O)c2cccc(C(=O)Nc3cccc(N4CCOC4=O)c3)c2)C1. The number of sulfonamides is 1.